The molecular weight excluding hydrogens is 322 g/mol. The molecule has 0 bridgehead atoms. The van der Waals surface area contributed by atoms with Gasteiger partial charge < -0.3 is 19.9 Å². The molecule has 134 valence electrons. The van der Waals surface area contributed by atoms with E-state index in [2.05, 4.69) is 19.2 Å². The number of nitrogens with zero attached hydrogens (tertiary/aromatic N) is 2. The van der Waals surface area contributed by atoms with Crippen molar-refractivity contribution in [3.8, 4) is 5.75 Å². The minimum Gasteiger partial charge on any atom is -0.482 e. The summed E-state index contributed by atoms with van der Waals surface area (Å²) in [5.74, 6) is 0.0133. The Hall–Kier alpha value is -2.57. The highest BCUT2D eigenvalue weighted by molar-refractivity contribution is 6.39. The van der Waals surface area contributed by atoms with Crippen molar-refractivity contribution in [3.63, 3.8) is 0 Å². The van der Waals surface area contributed by atoms with Crippen LogP contribution in [0.4, 0.5) is 11.4 Å². The van der Waals surface area contributed by atoms with Gasteiger partial charge in [-0.05, 0) is 36.5 Å². The molecule has 0 saturated carbocycles. The summed E-state index contributed by atoms with van der Waals surface area (Å²) in [6.07, 6.45) is 1.07. The van der Waals surface area contributed by atoms with Crippen molar-refractivity contribution in [3.05, 3.63) is 18.2 Å². The lowest BCUT2D eigenvalue weighted by Crippen LogP contribution is -2.47. The molecule has 7 heteroatoms. The molecule has 3 rings (SSSR count). The number of ether oxygens (including phenoxy) is 1. The van der Waals surface area contributed by atoms with Gasteiger partial charge in [0.25, 0.3) is 5.91 Å². The van der Waals surface area contributed by atoms with E-state index in [1.807, 2.05) is 0 Å². The molecule has 2 aliphatic rings. The van der Waals surface area contributed by atoms with Crippen molar-refractivity contribution < 1.29 is 19.1 Å². The number of carbonyl (C=O) groups is 3. The fourth-order valence-electron chi connectivity index (χ4n) is 3.51. The van der Waals surface area contributed by atoms with Gasteiger partial charge in [0, 0.05) is 25.8 Å². The van der Waals surface area contributed by atoms with Crippen LogP contribution in [-0.2, 0) is 14.4 Å². The van der Waals surface area contributed by atoms with E-state index >= 15 is 0 Å². The first-order valence-corrected chi connectivity index (χ1v) is 8.48. The highest BCUT2D eigenvalue weighted by atomic mass is 16.5. The first-order chi connectivity index (χ1) is 11.8. The number of fused-ring (bicyclic) bond motifs is 1. The van der Waals surface area contributed by atoms with Crippen molar-refractivity contribution in [1.82, 2.24) is 4.90 Å². The largest absolute Gasteiger partial charge is 0.482 e. The first kappa shape index (κ1) is 17.3. The zero-order valence-corrected chi connectivity index (χ0v) is 14.7. The molecule has 0 aromatic heterocycles. The Morgan fingerprint density at radius 2 is 1.88 bits per heavy atom. The number of likely N-dealkylation sites (tertiary alicyclic amines) is 1. The van der Waals surface area contributed by atoms with E-state index in [0.717, 1.165) is 6.42 Å². The molecule has 1 N–H and O–H groups in total. The lowest BCUT2D eigenvalue weighted by Gasteiger charge is -2.34. The monoisotopic (exact) mass is 345 g/mol. The van der Waals surface area contributed by atoms with Crippen LogP contribution in [0.3, 0.4) is 0 Å². The SMILES string of the molecule is C[C@@H]1C[C@H](C)CN(C(=O)C(=O)Nc2ccc3c(c2)N(C)C(=O)CO3)C1. The van der Waals surface area contributed by atoms with Crippen LogP contribution in [-0.4, -0.2) is 49.4 Å². The molecule has 0 aliphatic carbocycles. The maximum atomic E-state index is 12.4. The highest BCUT2D eigenvalue weighted by Crippen LogP contribution is 2.33. The zero-order valence-electron chi connectivity index (χ0n) is 14.7. The number of hydrogen-bond donors (Lipinski definition) is 1. The Bertz CT molecular complexity index is 708. The topological polar surface area (TPSA) is 79.0 Å². The predicted molar refractivity (Wildman–Crippen MR) is 93.5 cm³/mol. The summed E-state index contributed by atoms with van der Waals surface area (Å²) < 4.78 is 5.35. The fraction of sp³-hybridized carbons (Fsp3) is 0.500. The second-order valence-electron chi connectivity index (χ2n) is 7.03. The maximum absolute atomic E-state index is 12.4. The van der Waals surface area contributed by atoms with Gasteiger partial charge in [-0.3, -0.25) is 14.4 Å². The highest BCUT2D eigenvalue weighted by Gasteiger charge is 2.29. The standard InChI is InChI=1S/C18H23N3O4/c1-11-6-12(2)9-21(8-11)18(24)17(23)19-13-4-5-15-14(7-13)20(3)16(22)10-25-15/h4-5,7,11-12H,6,8-10H2,1-3H3,(H,19,23)/t11-,12+. The number of benzene rings is 1. The Morgan fingerprint density at radius 1 is 1.20 bits per heavy atom. The summed E-state index contributed by atoms with van der Waals surface area (Å²) in [7, 11) is 1.65. The molecule has 25 heavy (non-hydrogen) atoms. The molecule has 2 atom stereocenters. The van der Waals surface area contributed by atoms with E-state index in [4.69, 9.17) is 4.74 Å². The van der Waals surface area contributed by atoms with E-state index in [0.29, 0.717) is 42.0 Å². The summed E-state index contributed by atoms with van der Waals surface area (Å²) >= 11 is 0. The predicted octanol–water partition coefficient (Wildman–Crippen LogP) is 1.48. The summed E-state index contributed by atoms with van der Waals surface area (Å²) in [6, 6.07) is 4.98. The van der Waals surface area contributed by atoms with E-state index in [-0.39, 0.29) is 12.5 Å². The molecule has 1 saturated heterocycles. The Balaban J connectivity index is 1.71. The van der Waals surface area contributed by atoms with Gasteiger partial charge in [0.05, 0.1) is 5.69 Å². The third-order valence-electron chi connectivity index (χ3n) is 4.65. The molecule has 0 spiro atoms. The molecule has 0 unspecified atom stereocenters. The number of carbonyl (C=O) groups excluding carboxylic acids is 3. The van der Waals surface area contributed by atoms with Gasteiger partial charge in [0.15, 0.2) is 6.61 Å². The molecular formula is C18H23N3O4. The van der Waals surface area contributed by atoms with Gasteiger partial charge in [-0.1, -0.05) is 13.8 Å². The molecule has 1 aromatic rings. The smallest absolute Gasteiger partial charge is 0.313 e. The van der Waals surface area contributed by atoms with Gasteiger partial charge in [-0.2, -0.15) is 0 Å². The number of nitrogens with one attached hydrogen (secondary N) is 1. The van der Waals surface area contributed by atoms with Crippen molar-refractivity contribution in [1.29, 1.82) is 0 Å². The van der Waals surface area contributed by atoms with Crippen LogP contribution in [0.5, 0.6) is 5.75 Å². The van der Waals surface area contributed by atoms with Crippen LogP contribution in [0.2, 0.25) is 0 Å². The van der Waals surface area contributed by atoms with Crippen LogP contribution < -0.4 is 15.0 Å². The lowest BCUT2D eigenvalue weighted by molar-refractivity contribution is -0.144. The second kappa shape index (κ2) is 6.74. The number of rotatable bonds is 1. The Morgan fingerprint density at radius 3 is 2.56 bits per heavy atom. The van der Waals surface area contributed by atoms with Crippen LogP contribution in [0.15, 0.2) is 18.2 Å². The quantitative estimate of drug-likeness (QED) is 0.782. The van der Waals surface area contributed by atoms with Gasteiger partial charge in [-0.25, -0.2) is 0 Å². The molecule has 1 aromatic carbocycles. The normalized spacial score (nSPS) is 22.9. The molecule has 0 radical (unpaired) electrons. The summed E-state index contributed by atoms with van der Waals surface area (Å²) in [6.45, 7) is 5.38. The van der Waals surface area contributed by atoms with E-state index in [9.17, 15) is 14.4 Å². The van der Waals surface area contributed by atoms with Crippen LogP contribution in [0.1, 0.15) is 20.3 Å². The van der Waals surface area contributed by atoms with Crippen molar-refractivity contribution in [2.75, 3.05) is 37.0 Å². The lowest BCUT2D eigenvalue weighted by atomic mass is 9.92. The number of anilines is 2. The maximum Gasteiger partial charge on any atom is 0.313 e. The Kier molecular flexibility index (Phi) is 4.65. The molecule has 2 heterocycles. The second-order valence-corrected chi connectivity index (χ2v) is 7.03. The van der Waals surface area contributed by atoms with E-state index in [1.165, 1.54) is 4.90 Å². The average molecular weight is 345 g/mol. The van der Waals surface area contributed by atoms with E-state index in [1.54, 1.807) is 30.1 Å². The number of amides is 3. The van der Waals surface area contributed by atoms with Crippen LogP contribution in [0.25, 0.3) is 0 Å². The van der Waals surface area contributed by atoms with Crippen molar-refractivity contribution in [2.24, 2.45) is 11.8 Å². The molecule has 3 amide bonds. The molecule has 7 nitrogen and oxygen atoms in total. The average Bonchev–Trinajstić information content (AvgIpc) is 2.57. The van der Waals surface area contributed by atoms with Gasteiger partial charge in [0.1, 0.15) is 5.75 Å². The first-order valence-electron chi connectivity index (χ1n) is 8.48. The molecule has 1 fully saturated rings. The van der Waals surface area contributed by atoms with Gasteiger partial charge in [0.2, 0.25) is 0 Å². The fourth-order valence-corrected chi connectivity index (χ4v) is 3.51. The molecule has 2 aliphatic heterocycles. The third-order valence-corrected chi connectivity index (χ3v) is 4.65. The van der Waals surface area contributed by atoms with E-state index < -0.39 is 11.8 Å². The number of likely N-dealkylation sites (N-methyl/N-ethyl adjacent to an activating group) is 1. The van der Waals surface area contributed by atoms with Crippen LogP contribution >= 0.6 is 0 Å². The third kappa shape index (κ3) is 3.60. The number of piperidine rings is 1. The van der Waals surface area contributed by atoms with Crippen LogP contribution in [0, 0.1) is 11.8 Å². The zero-order chi connectivity index (χ0) is 18.1. The minimum absolute atomic E-state index is 0.000972. The summed E-state index contributed by atoms with van der Waals surface area (Å²) in [5.41, 5.74) is 1.03. The van der Waals surface area contributed by atoms with Gasteiger partial charge >= 0.3 is 11.8 Å². The van der Waals surface area contributed by atoms with Crippen molar-refractivity contribution in [2.45, 2.75) is 20.3 Å². The Labute approximate surface area is 146 Å². The minimum atomic E-state index is -0.660. The number of hydrogen-bond acceptors (Lipinski definition) is 4. The van der Waals surface area contributed by atoms with Gasteiger partial charge in [-0.15, -0.1) is 0 Å². The summed E-state index contributed by atoms with van der Waals surface area (Å²) in [4.78, 5) is 39.6. The van der Waals surface area contributed by atoms with Crippen molar-refractivity contribution >= 4 is 29.1 Å². The summed E-state index contributed by atoms with van der Waals surface area (Å²) in [5, 5.41) is 2.63.